The highest BCUT2D eigenvalue weighted by Gasteiger charge is 2.20. The van der Waals surface area contributed by atoms with Gasteiger partial charge in [0, 0.05) is 56.2 Å². The lowest BCUT2D eigenvalue weighted by Gasteiger charge is -2.29. The molecule has 5 rings (SSSR count). The summed E-state index contributed by atoms with van der Waals surface area (Å²) in [6, 6.07) is 16.8. The van der Waals surface area contributed by atoms with Crippen molar-refractivity contribution < 1.29 is 4.74 Å². The van der Waals surface area contributed by atoms with Crippen molar-refractivity contribution in [1.29, 1.82) is 0 Å². The number of hydrogen-bond donors (Lipinski definition) is 2. The fourth-order valence-electron chi connectivity index (χ4n) is 4.67. The Morgan fingerprint density at radius 3 is 2.50 bits per heavy atom. The number of nitrogens with one attached hydrogen (secondary N) is 2. The molecule has 0 radical (unpaired) electrons. The van der Waals surface area contributed by atoms with Gasteiger partial charge in [0.1, 0.15) is 5.75 Å². The lowest BCUT2D eigenvalue weighted by molar-refractivity contribution is 0.456. The average molecular weight is 530 g/mol. The Kier molecular flexibility index (Phi) is 8.14. The SMILES string of the molecule is CCc1c(Oc2ccc(N3CCNCC3)cc2)nc(NSc2cnn(C)c2)nc1-c1ccccc1C(C)C. The number of ether oxygens (including phenoxy) is 1. The average Bonchev–Trinajstić information content (AvgIpc) is 3.37. The molecule has 4 aromatic rings. The first-order valence-electron chi connectivity index (χ1n) is 13.2. The topological polar surface area (TPSA) is 80.1 Å². The van der Waals surface area contributed by atoms with Crippen molar-refractivity contribution in [3.05, 3.63) is 72.1 Å². The smallest absolute Gasteiger partial charge is 0.237 e. The molecule has 1 aliphatic heterocycles. The summed E-state index contributed by atoms with van der Waals surface area (Å²) in [5, 5.41) is 7.66. The number of benzene rings is 2. The van der Waals surface area contributed by atoms with E-state index in [0.717, 1.165) is 60.1 Å². The van der Waals surface area contributed by atoms with Crippen molar-refractivity contribution in [2.24, 2.45) is 7.05 Å². The summed E-state index contributed by atoms with van der Waals surface area (Å²) in [5.74, 6) is 2.18. The van der Waals surface area contributed by atoms with E-state index in [0.29, 0.717) is 17.7 Å². The molecule has 0 amide bonds. The predicted octanol–water partition coefficient (Wildman–Crippen LogP) is 5.88. The van der Waals surface area contributed by atoms with E-state index >= 15 is 0 Å². The van der Waals surface area contributed by atoms with E-state index in [4.69, 9.17) is 14.7 Å². The van der Waals surface area contributed by atoms with Crippen molar-refractivity contribution in [2.45, 2.75) is 38.0 Å². The second kappa shape index (κ2) is 11.9. The minimum absolute atomic E-state index is 0.356. The number of rotatable bonds is 9. The van der Waals surface area contributed by atoms with Gasteiger partial charge in [0.2, 0.25) is 11.8 Å². The maximum Gasteiger partial charge on any atom is 0.237 e. The largest absolute Gasteiger partial charge is 0.439 e. The molecule has 9 heteroatoms. The van der Waals surface area contributed by atoms with Crippen LogP contribution in [-0.2, 0) is 13.5 Å². The predicted molar refractivity (Wildman–Crippen MR) is 155 cm³/mol. The van der Waals surface area contributed by atoms with Crippen LogP contribution in [0.15, 0.2) is 65.8 Å². The van der Waals surface area contributed by atoms with E-state index in [1.165, 1.54) is 23.2 Å². The summed E-state index contributed by atoms with van der Waals surface area (Å²) in [6.45, 7) is 10.6. The molecule has 0 aliphatic carbocycles. The minimum Gasteiger partial charge on any atom is -0.439 e. The van der Waals surface area contributed by atoms with Gasteiger partial charge in [-0.15, -0.1) is 0 Å². The van der Waals surface area contributed by atoms with Crippen molar-refractivity contribution in [3.8, 4) is 22.9 Å². The molecule has 0 spiro atoms. The number of nitrogens with zero attached hydrogens (tertiary/aromatic N) is 5. The number of piperazine rings is 1. The molecule has 0 atom stereocenters. The van der Waals surface area contributed by atoms with E-state index < -0.39 is 0 Å². The Labute approximate surface area is 229 Å². The van der Waals surface area contributed by atoms with Gasteiger partial charge < -0.3 is 15.0 Å². The van der Waals surface area contributed by atoms with E-state index in [1.54, 1.807) is 4.68 Å². The van der Waals surface area contributed by atoms with Gasteiger partial charge in [0.15, 0.2) is 0 Å². The molecular weight excluding hydrogens is 494 g/mol. The third-order valence-electron chi connectivity index (χ3n) is 6.64. The molecule has 1 saturated heterocycles. The second-order valence-corrected chi connectivity index (χ2v) is 10.5. The van der Waals surface area contributed by atoms with Gasteiger partial charge in [-0.05, 0) is 54.1 Å². The second-order valence-electron chi connectivity index (χ2n) is 9.66. The van der Waals surface area contributed by atoms with Gasteiger partial charge in [-0.1, -0.05) is 45.0 Å². The highest BCUT2D eigenvalue weighted by Crippen LogP contribution is 2.37. The minimum atomic E-state index is 0.356. The van der Waals surface area contributed by atoms with Gasteiger partial charge in [-0.2, -0.15) is 10.1 Å². The van der Waals surface area contributed by atoms with Gasteiger partial charge in [-0.25, -0.2) is 4.98 Å². The quantitative estimate of drug-likeness (QED) is 0.260. The van der Waals surface area contributed by atoms with Crippen LogP contribution in [0.25, 0.3) is 11.3 Å². The Bertz CT molecular complexity index is 1360. The molecular formula is C29H35N7OS. The zero-order valence-corrected chi connectivity index (χ0v) is 23.3. The van der Waals surface area contributed by atoms with Crippen LogP contribution in [0.1, 0.15) is 37.8 Å². The van der Waals surface area contributed by atoms with E-state index in [1.807, 2.05) is 31.6 Å². The fourth-order valence-corrected chi connectivity index (χ4v) is 5.27. The van der Waals surface area contributed by atoms with Gasteiger partial charge in [0.25, 0.3) is 0 Å². The third kappa shape index (κ3) is 5.95. The first kappa shape index (κ1) is 26.1. The van der Waals surface area contributed by atoms with E-state index in [9.17, 15) is 0 Å². The number of hydrogen-bond acceptors (Lipinski definition) is 8. The molecule has 1 fully saturated rings. The van der Waals surface area contributed by atoms with Gasteiger partial charge >= 0.3 is 0 Å². The third-order valence-corrected chi connectivity index (χ3v) is 7.37. The van der Waals surface area contributed by atoms with Crippen LogP contribution < -0.4 is 19.7 Å². The van der Waals surface area contributed by atoms with E-state index in [-0.39, 0.29) is 0 Å². The van der Waals surface area contributed by atoms with E-state index in [2.05, 4.69) is 77.2 Å². The van der Waals surface area contributed by atoms with Crippen molar-refractivity contribution in [3.63, 3.8) is 0 Å². The summed E-state index contributed by atoms with van der Waals surface area (Å²) in [6.07, 6.45) is 4.50. The van der Waals surface area contributed by atoms with Crippen molar-refractivity contribution in [2.75, 3.05) is 35.8 Å². The molecule has 38 heavy (non-hydrogen) atoms. The number of anilines is 2. The molecule has 0 bridgehead atoms. The maximum atomic E-state index is 6.45. The summed E-state index contributed by atoms with van der Waals surface area (Å²) in [7, 11) is 1.90. The van der Waals surface area contributed by atoms with Crippen LogP contribution in [0.4, 0.5) is 11.6 Å². The highest BCUT2D eigenvalue weighted by atomic mass is 32.2. The molecule has 0 saturated carbocycles. The Hall–Kier alpha value is -3.56. The fraction of sp³-hybridized carbons (Fsp3) is 0.345. The Morgan fingerprint density at radius 1 is 1.05 bits per heavy atom. The van der Waals surface area contributed by atoms with Gasteiger partial charge in [-0.3, -0.25) is 9.40 Å². The Morgan fingerprint density at radius 2 is 1.82 bits per heavy atom. The molecule has 0 unspecified atom stereocenters. The normalized spacial score (nSPS) is 13.7. The Balaban J connectivity index is 1.50. The molecule has 8 nitrogen and oxygen atoms in total. The number of aryl methyl sites for hydroxylation is 1. The van der Waals surface area contributed by atoms with Crippen LogP contribution in [0.3, 0.4) is 0 Å². The maximum absolute atomic E-state index is 6.45. The lowest BCUT2D eigenvalue weighted by atomic mass is 9.93. The molecule has 1 aliphatic rings. The zero-order valence-electron chi connectivity index (χ0n) is 22.4. The standard InChI is InChI=1S/C29H35N7OS/c1-5-24-27(26-9-7-6-8-25(26)20(2)3)32-29(34-38-23-18-31-35(4)19-23)33-28(24)37-22-12-10-21(11-13-22)36-16-14-30-15-17-36/h6-13,18-20,30H,5,14-17H2,1-4H3,(H,32,33,34). The van der Waals surface area contributed by atoms with Crippen LogP contribution in [0.2, 0.25) is 0 Å². The summed E-state index contributed by atoms with van der Waals surface area (Å²) in [4.78, 5) is 13.2. The van der Waals surface area contributed by atoms with Crippen molar-refractivity contribution in [1.82, 2.24) is 25.1 Å². The van der Waals surface area contributed by atoms with Crippen LogP contribution in [0.5, 0.6) is 11.6 Å². The molecule has 2 N–H and O–H groups in total. The first-order valence-corrected chi connectivity index (χ1v) is 14.0. The molecule has 2 aromatic heterocycles. The summed E-state index contributed by atoms with van der Waals surface area (Å²) >= 11 is 1.43. The van der Waals surface area contributed by atoms with Crippen molar-refractivity contribution >= 4 is 23.6 Å². The van der Waals surface area contributed by atoms with Crippen LogP contribution in [0, 0.1) is 0 Å². The zero-order chi connectivity index (χ0) is 26.5. The van der Waals surface area contributed by atoms with Crippen LogP contribution >= 0.6 is 11.9 Å². The highest BCUT2D eigenvalue weighted by molar-refractivity contribution is 8.00. The monoisotopic (exact) mass is 529 g/mol. The molecule has 198 valence electrons. The molecule has 3 heterocycles. The van der Waals surface area contributed by atoms with Gasteiger partial charge in [0.05, 0.1) is 16.8 Å². The first-order chi connectivity index (χ1) is 18.5. The lowest BCUT2D eigenvalue weighted by Crippen LogP contribution is -2.43. The molecule has 2 aromatic carbocycles. The number of aromatic nitrogens is 4. The summed E-state index contributed by atoms with van der Waals surface area (Å²) < 4.78 is 11.5. The van der Waals surface area contributed by atoms with Crippen LogP contribution in [-0.4, -0.2) is 45.9 Å². The summed E-state index contributed by atoms with van der Waals surface area (Å²) in [5.41, 5.74) is 5.45.